The van der Waals surface area contributed by atoms with Gasteiger partial charge in [0.25, 0.3) is 0 Å². The maximum atomic E-state index is 11.6. The summed E-state index contributed by atoms with van der Waals surface area (Å²) < 4.78 is 9.10. The minimum absolute atomic E-state index is 0.0268. The number of esters is 2. The highest BCUT2D eigenvalue weighted by Crippen LogP contribution is 2.31. The van der Waals surface area contributed by atoms with E-state index in [0.717, 1.165) is 0 Å². The standard InChI is InChI=1S/C11H18O5/c1-5-11(8(2)12,10(14)16-4)7-6-9(13)15-3/h5-7H2,1-4H3. The van der Waals surface area contributed by atoms with Gasteiger partial charge >= 0.3 is 11.9 Å². The Hall–Kier alpha value is -1.39. The molecule has 0 radical (unpaired) electrons. The molecule has 5 heteroatoms. The lowest BCUT2D eigenvalue weighted by molar-refractivity contribution is -0.159. The van der Waals surface area contributed by atoms with Crippen LogP contribution in [0.2, 0.25) is 0 Å². The van der Waals surface area contributed by atoms with Gasteiger partial charge in [0.05, 0.1) is 14.2 Å². The summed E-state index contributed by atoms with van der Waals surface area (Å²) in [6.07, 6.45) is 0.462. The minimum atomic E-state index is -1.22. The zero-order valence-corrected chi connectivity index (χ0v) is 10.2. The van der Waals surface area contributed by atoms with Crippen molar-refractivity contribution in [1.82, 2.24) is 0 Å². The van der Waals surface area contributed by atoms with Gasteiger partial charge in [0, 0.05) is 6.42 Å². The van der Waals surface area contributed by atoms with Crippen molar-refractivity contribution < 1.29 is 23.9 Å². The van der Waals surface area contributed by atoms with Gasteiger partial charge in [0.1, 0.15) is 11.2 Å². The van der Waals surface area contributed by atoms with Crippen molar-refractivity contribution in [3.05, 3.63) is 0 Å². The van der Waals surface area contributed by atoms with Crippen molar-refractivity contribution in [2.24, 2.45) is 5.41 Å². The number of carbonyl (C=O) groups is 3. The zero-order chi connectivity index (χ0) is 12.8. The molecule has 0 bridgehead atoms. The van der Waals surface area contributed by atoms with E-state index >= 15 is 0 Å². The van der Waals surface area contributed by atoms with Crippen molar-refractivity contribution in [1.29, 1.82) is 0 Å². The zero-order valence-electron chi connectivity index (χ0n) is 10.2. The van der Waals surface area contributed by atoms with Crippen LogP contribution in [0.5, 0.6) is 0 Å². The molecule has 0 saturated heterocycles. The van der Waals surface area contributed by atoms with E-state index in [0.29, 0.717) is 6.42 Å². The summed E-state index contributed by atoms with van der Waals surface area (Å²) in [6.45, 7) is 3.05. The fourth-order valence-electron chi connectivity index (χ4n) is 1.60. The highest BCUT2D eigenvalue weighted by molar-refractivity contribution is 6.02. The number of carbonyl (C=O) groups excluding carboxylic acids is 3. The Bertz CT molecular complexity index is 284. The second-order valence-corrected chi connectivity index (χ2v) is 3.56. The van der Waals surface area contributed by atoms with Crippen molar-refractivity contribution in [2.45, 2.75) is 33.1 Å². The summed E-state index contributed by atoms with van der Waals surface area (Å²) in [6, 6.07) is 0. The fraction of sp³-hybridized carbons (Fsp3) is 0.727. The molecular weight excluding hydrogens is 212 g/mol. The summed E-state index contributed by atoms with van der Waals surface area (Å²) in [4.78, 5) is 34.2. The Morgan fingerprint density at radius 3 is 2.00 bits per heavy atom. The molecular formula is C11H18O5. The van der Waals surface area contributed by atoms with Gasteiger partial charge in [-0.3, -0.25) is 14.4 Å². The van der Waals surface area contributed by atoms with E-state index < -0.39 is 17.4 Å². The monoisotopic (exact) mass is 230 g/mol. The van der Waals surface area contributed by atoms with Crippen LogP contribution in [0, 0.1) is 5.41 Å². The van der Waals surface area contributed by atoms with E-state index in [-0.39, 0.29) is 18.6 Å². The van der Waals surface area contributed by atoms with E-state index in [4.69, 9.17) is 0 Å². The summed E-state index contributed by atoms with van der Waals surface area (Å²) >= 11 is 0. The normalized spacial score (nSPS) is 13.8. The Balaban J connectivity index is 4.85. The van der Waals surface area contributed by atoms with Crippen LogP contribution in [-0.4, -0.2) is 31.9 Å². The van der Waals surface area contributed by atoms with Crippen LogP contribution in [0.4, 0.5) is 0 Å². The fourth-order valence-corrected chi connectivity index (χ4v) is 1.60. The van der Waals surface area contributed by atoms with Crippen LogP contribution in [0.25, 0.3) is 0 Å². The summed E-state index contributed by atoms with van der Waals surface area (Å²) in [5, 5.41) is 0. The van der Waals surface area contributed by atoms with E-state index in [9.17, 15) is 14.4 Å². The number of hydrogen-bond donors (Lipinski definition) is 0. The van der Waals surface area contributed by atoms with Crippen LogP contribution < -0.4 is 0 Å². The first kappa shape index (κ1) is 14.6. The molecule has 0 aromatic carbocycles. The van der Waals surface area contributed by atoms with Gasteiger partial charge in [0.15, 0.2) is 0 Å². The Labute approximate surface area is 95.1 Å². The molecule has 5 nitrogen and oxygen atoms in total. The Kier molecular flexibility index (Phi) is 5.71. The molecule has 0 heterocycles. The molecule has 0 rings (SSSR count). The molecule has 0 aromatic heterocycles. The third-order valence-electron chi connectivity index (χ3n) is 2.84. The summed E-state index contributed by atoms with van der Waals surface area (Å²) in [5.41, 5.74) is -1.22. The predicted octanol–water partition coefficient (Wildman–Crippen LogP) is 1.10. The van der Waals surface area contributed by atoms with Crippen LogP contribution in [0.15, 0.2) is 0 Å². The molecule has 0 saturated carbocycles. The van der Waals surface area contributed by atoms with Gasteiger partial charge in [0.2, 0.25) is 0 Å². The largest absolute Gasteiger partial charge is 0.469 e. The molecule has 1 unspecified atom stereocenters. The van der Waals surface area contributed by atoms with E-state index in [1.807, 2.05) is 0 Å². The highest BCUT2D eigenvalue weighted by atomic mass is 16.5. The Morgan fingerprint density at radius 1 is 1.12 bits per heavy atom. The number of rotatable bonds is 6. The van der Waals surface area contributed by atoms with Gasteiger partial charge in [-0.2, -0.15) is 0 Å². The lowest BCUT2D eigenvalue weighted by Crippen LogP contribution is -2.39. The lowest BCUT2D eigenvalue weighted by Gasteiger charge is -2.26. The molecule has 0 amide bonds. The quantitative estimate of drug-likeness (QED) is 0.504. The molecule has 0 N–H and O–H groups in total. The van der Waals surface area contributed by atoms with Crippen molar-refractivity contribution in [2.75, 3.05) is 14.2 Å². The molecule has 1 atom stereocenters. The first-order valence-electron chi connectivity index (χ1n) is 5.10. The smallest absolute Gasteiger partial charge is 0.319 e. The lowest BCUT2D eigenvalue weighted by atomic mass is 9.77. The third kappa shape index (κ3) is 3.05. The van der Waals surface area contributed by atoms with Crippen molar-refractivity contribution >= 4 is 17.7 Å². The molecule has 0 aliphatic rings. The van der Waals surface area contributed by atoms with Crippen LogP contribution >= 0.6 is 0 Å². The molecule has 0 fully saturated rings. The molecule has 0 aromatic rings. The van der Waals surface area contributed by atoms with Crippen molar-refractivity contribution in [3.8, 4) is 0 Å². The topological polar surface area (TPSA) is 69.7 Å². The van der Waals surface area contributed by atoms with Gasteiger partial charge < -0.3 is 9.47 Å². The first-order valence-corrected chi connectivity index (χ1v) is 5.10. The van der Waals surface area contributed by atoms with Crippen LogP contribution in [0.3, 0.4) is 0 Å². The molecule has 0 aliphatic carbocycles. The van der Waals surface area contributed by atoms with E-state index in [1.165, 1.54) is 21.1 Å². The SMILES string of the molecule is CCC(CCC(=O)OC)(C(C)=O)C(=O)OC. The number of ketones is 1. The summed E-state index contributed by atoms with van der Waals surface area (Å²) in [5.74, 6) is -1.32. The van der Waals surface area contributed by atoms with Crippen molar-refractivity contribution in [3.63, 3.8) is 0 Å². The second kappa shape index (κ2) is 6.25. The van der Waals surface area contributed by atoms with Crippen LogP contribution in [0.1, 0.15) is 33.1 Å². The first-order chi connectivity index (χ1) is 7.44. The number of hydrogen-bond acceptors (Lipinski definition) is 5. The molecule has 92 valence electrons. The predicted molar refractivity (Wildman–Crippen MR) is 56.7 cm³/mol. The minimum Gasteiger partial charge on any atom is -0.469 e. The third-order valence-corrected chi connectivity index (χ3v) is 2.84. The molecule has 0 spiro atoms. The van der Waals surface area contributed by atoms with Gasteiger partial charge in [-0.05, 0) is 19.8 Å². The maximum Gasteiger partial charge on any atom is 0.319 e. The number of methoxy groups -OCH3 is 2. The summed E-state index contributed by atoms with van der Waals surface area (Å²) in [7, 11) is 2.50. The number of ether oxygens (including phenoxy) is 2. The van der Waals surface area contributed by atoms with Gasteiger partial charge in [-0.1, -0.05) is 6.92 Å². The average molecular weight is 230 g/mol. The second-order valence-electron chi connectivity index (χ2n) is 3.56. The van der Waals surface area contributed by atoms with Gasteiger partial charge in [-0.25, -0.2) is 0 Å². The highest BCUT2D eigenvalue weighted by Gasteiger charge is 2.42. The van der Waals surface area contributed by atoms with Gasteiger partial charge in [-0.15, -0.1) is 0 Å². The van der Waals surface area contributed by atoms with E-state index in [1.54, 1.807) is 6.92 Å². The molecule has 16 heavy (non-hydrogen) atoms. The maximum absolute atomic E-state index is 11.6. The average Bonchev–Trinajstić information content (AvgIpc) is 2.28. The van der Waals surface area contributed by atoms with E-state index in [2.05, 4.69) is 9.47 Å². The van der Waals surface area contributed by atoms with Crippen LogP contribution in [-0.2, 0) is 23.9 Å². The number of Topliss-reactive ketones (excluding diaryl/α,β-unsaturated/α-hetero) is 1. The molecule has 0 aliphatic heterocycles. The Morgan fingerprint density at radius 2 is 1.69 bits per heavy atom.